The van der Waals surface area contributed by atoms with Crippen LogP contribution in [0.2, 0.25) is 0 Å². The molecule has 2 aromatic rings. The summed E-state index contributed by atoms with van der Waals surface area (Å²) < 4.78 is 14.1. The molecule has 2 fully saturated rings. The highest BCUT2D eigenvalue weighted by Crippen LogP contribution is 2.30. The van der Waals surface area contributed by atoms with Gasteiger partial charge in [-0.3, -0.25) is 4.79 Å². The van der Waals surface area contributed by atoms with E-state index in [1.807, 2.05) is 18.4 Å². The van der Waals surface area contributed by atoms with Gasteiger partial charge in [-0.25, -0.2) is 0 Å². The first kappa shape index (κ1) is 23.0. The van der Waals surface area contributed by atoms with Crippen LogP contribution in [0, 0.1) is 25.2 Å². The predicted molar refractivity (Wildman–Crippen MR) is 124 cm³/mol. The Balaban J connectivity index is 1.34. The van der Waals surface area contributed by atoms with Crippen LogP contribution in [0.1, 0.15) is 42.5 Å². The normalized spacial score (nSPS) is 20.4. The first-order valence-corrected chi connectivity index (χ1v) is 12.7. The highest BCUT2D eigenvalue weighted by molar-refractivity contribution is 8.01. The lowest BCUT2D eigenvalue weighted by molar-refractivity contribution is -0.113. The van der Waals surface area contributed by atoms with Gasteiger partial charge in [0.2, 0.25) is 11.0 Å². The summed E-state index contributed by atoms with van der Waals surface area (Å²) in [5.74, 6) is 0.565. The first-order chi connectivity index (χ1) is 15.5. The van der Waals surface area contributed by atoms with Gasteiger partial charge < -0.3 is 24.7 Å². The van der Waals surface area contributed by atoms with E-state index in [1.54, 1.807) is 0 Å². The zero-order valence-corrected chi connectivity index (χ0v) is 20.0. The third-order valence-electron chi connectivity index (χ3n) is 5.85. The average molecular weight is 477 g/mol. The quantitative estimate of drug-likeness (QED) is 0.530. The molecule has 2 unspecified atom stereocenters. The fourth-order valence-corrected chi connectivity index (χ4v) is 5.55. The summed E-state index contributed by atoms with van der Waals surface area (Å²) in [6, 6.07) is 2.25. The van der Waals surface area contributed by atoms with Crippen molar-refractivity contribution >= 4 is 40.0 Å². The minimum Gasteiger partial charge on any atom is -0.376 e. The molecular weight excluding hydrogens is 448 g/mol. The van der Waals surface area contributed by atoms with Gasteiger partial charge in [0.1, 0.15) is 11.9 Å². The molecule has 2 saturated heterocycles. The molecule has 2 N–H and O–H groups in total. The minimum absolute atomic E-state index is 0.110. The molecule has 0 bridgehead atoms. The summed E-state index contributed by atoms with van der Waals surface area (Å²) in [6.07, 6.45) is 4.53. The van der Waals surface area contributed by atoms with Gasteiger partial charge in [-0.2, -0.15) is 5.26 Å². The molecule has 0 aromatic carbocycles. The van der Waals surface area contributed by atoms with Gasteiger partial charge in [0, 0.05) is 25.5 Å². The Labute approximate surface area is 195 Å². The molecule has 32 heavy (non-hydrogen) atoms. The lowest BCUT2D eigenvalue weighted by Crippen LogP contribution is -2.22. The molecule has 2 aromatic heterocycles. The standard InChI is InChI=1S/C21H28N6O3S2/c1-13-14(2)27(11-16-6-4-8-30-16)19(17(13)9-22)24-18(28)12-31-21-26-25-20(32-21)23-10-15-5-3-7-29-15/h15-16H,3-8,10-12H2,1-2H3,(H,23,25)(H,24,28). The van der Waals surface area contributed by atoms with Crippen molar-refractivity contribution in [3.8, 4) is 6.07 Å². The molecular formula is C21H28N6O3S2. The van der Waals surface area contributed by atoms with Crippen LogP contribution in [0.3, 0.4) is 0 Å². The molecule has 2 aliphatic heterocycles. The number of hydrogen-bond acceptors (Lipinski definition) is 9. The number of anilines is 2. The van der Waals surface area contributed by atoms with Crippen molar-refractivity contribution in [2.45, 2.75) is 62.6 Å². The lowest BCUT2D eigenvalue weighted by atomic mass is 10.2. The molecule has 0 aliphatic carbocycles. The molecule has 0 saturated carbocycles. The first-order valence-electron chi connectivity index (χ1n) is 10.9. The number of carbonyl (C=O) groups is 1. The summed E-state index contributed by atoms with van der Waals surface area (Å²) >= 11 is 2.76. The summed E-state index contributed by atoms with van der Waals surface area (Å²) in [5, 5.41) is 24.9. The lowest BCUT2D eigenvalue weighted by Gasteiger charge is -2.16. The number of nitrogens with zero attached hydrogens (tertiary/aromatic N) is 4. The maximum absolute atomic E-state index is 12.7. The number of carbonyl (C=O) groups excluding carboxylic acids is 1. The molecule has 11 heteroatoms. The minimum atomic E-state index is -0.179. The monoisotopic (exact) mass is 476 g/mol. The van der Waals surface area contributed by atoms with Crippen LogP contribution >= 0.6 is 23.1 Å². The second kappa shape index (κ2) is 10.7. The third kappa shape index (κ3) is 5.43. The second-order valence-electron chi connectivity index (χ2n) is 8.02. The summed E-state index contributed by atoms with van der Waals surface area (Å²) in [4.78, 5) is 12.7. The maximum Gasteiger partial charge on any atom is 0.235 e. The Kier molecular flexibility index (Phi) is 7.67. The molecule has 4 rings (SSSR count). The second-order valence-corrected chi connectivity index (χ2v) is 10.2. The fraction of sp³-hybridized carbons (Fsp3) is 0.619. The summed E-state index contributed by atoms with van der Waals surface area (Å²) in [7, 11) is 0. The van der Waals surface area contributed by atoms with E-state index in [0.29, 0.717) is 17.9 Å². The van der Waals surface area contributed by atoms with E-state index in [9.17, 15) is 10.1 Å². The number of thioether (sulfide) groups is 1. The molecule has 2 atom stereocenters. The maximum atomic E-state index is 12.7. The van der Waals surface area contributed by atoms with Gasteiger partial charge in [-0.1, -0.05) is 23.1 Å². The largest absolute Gasteiger partial charge is 0.376 e. The predicted octanol–water partition coefficient (Wildman–Crippen LogP) is 3.33. The van der Waals surface area contributed by atoms with Crippen molar-refractivity contribution in [2.24, 2.45) is 0 Å². The van der Waals surface area contributed by atoms with Crippen molar-refractivity contribution in [3.63, 3.8) is 0 Å². The van der Waals surface area contributed by atoms with E-state index in [1.165, 1.54) is 23.1 Å². The average Bonchev–Trinajstić information content (AvgIpc) is 3.58. The van der Waals surface area contributed by atoms with Gasteiger partial charge in [0.05, 0.1) is 30.1 Å². The zero-order valence-electron chi connectivity index (χ0n) is 18.3. The van der Waals surface area contributed by atoms with Gasteiger partial charge in [0.15, 0.2) is 4.34 Å². The van der Waals surface area contributed by atoms with Crippen molar-refractivity contribution in [1.82, 2.24) is 14.8 Å². The molecule has 2 aliphatic rings. The van der Waals surface area contributed by atoms with E-state index >= 15 is 0 Å². The van der Waals surface area contributed by atoms with E-state index in [0.717, 1.165) is 66.2 Å². The van der Waals surface area contributed by atoms with Crippen LogP contribution in [-0.4, -0.2) is 58.4 Å². The van der Waals surface area contributed by atoms with Gasteiger partial charge in [-0.05, 0) is 45.1 Å². The van der Waals surface area contributed by atoms with Crippen LogP contribution in [0.4, 0.5) is 10.9 Å². The number of hydrogen-bond donors (Lipinski definition) is 2. The number of ether oxygens (including phenoxy) is 2. The number of nitriles is 1. The van der Waals surface area contributed by atoms with Crippen LogP contribution in [0.15, 0.2) is 4.34 Å². The van der Waals surface area contributed by atoms with Gasteiger partial charge in [0.25, 0.3) is 0 Å². The topological polar surface area (TPSA) is 114 Å². The molecule has 4 heterocycles. The smallest absolute Gasteiger partial charge is 0.235 e. The molecule has 172 valence electrons. The van der Waals surface area contributed by atoms with Crippen molar-refractivity contribution in [2.75, 3.05) is 36.1 Å². The van der Waals surface area contributed by atoms with Crippen LogP contribution in [-0.2, 0) is 20.8 Å². The number of nitrogens with one attached hydrogen (secondary N) is 2. The van der Waals surface area contributed by atoms with Crippen molar-refractivity contribution in [1.29, 1.82) is 5.26 Å². The van der Waals surface area contributed by atoms with Gasteiger partial charge in [-0.15, -0.1) is 10.2 Å². The number of rotatable bonds is 9. The highest BCUT2D eigenvalue weighted by Gasteiger charge is 2.24. The third-order valence-corrected chi connectivity index (χ3v) is 7.86. The highest BCUT2D eigenvalue weighted by atomic mass is 32.2. The van der Waals surface area contributed by atoms with E-state index in [2.05, 4.69) is 26.9 Å². The van der Waals surface area contributed by atoms with Crippen molar-refractivity contribution < 1.29 is 14.3 Å². The number of amides is 1. The number of aromatic nitrogens is 3. The fourth-order valence-electron chi connectivity index (χ4n) is 3.99. The summed E-state index contributed by atoms with van der Waals surface area (Å²) in [5.41, 5.74) is 2.38. The molecule has 0 radical (unpaired) electrons. The van der Waals surface area contributed by atoms with E-state index < -0.39 is 0 Å². The SMILES string of the molecule is Cc1c(C#N)c(NC(=O)CSc2nnc(NCC3CCCO3)s2)n(CC2CCCO2)c1C. The van der Waals surface area contributed by atoms with Crippen molar-refractivity contribution in [3.05, 3.63) is 16.8 Å². The Morgan fingerprint density at radius 3 is 2.69 bits per heavy atom. The summed E-state index contributed by atoms with van der Waals surface area (Å²) in [6.45, 7) is 6.82. The Hall–Kier alpha value is -2.13. The zero-order chi connectivity index (χ0) is 22.5. The Morgan fingerprint density at radius 1 is 1.25 bits per heavy atom. The Bertz CT molecular complexity index is 987. The van der Waals surface area contributed by atoms with Gasteiger partial charge >= 0.3 is 0 Å². The van der Waals surface area contributed by atoms with Crippen LogP contribution in [0.5, 0.6) is 0 Å². The molecule has 1 amide bonds. The molecule has 9 nitrogen and oxygen atoms in total. The molecule has 0 spiro atoms. The van der Waals surface area contributed by atoms with E-state index in [4.69, 9.17) is 9.47 Å². The van der Waals surface area contributed by atoms with E-state index in [-0.39, 0.29) is 23.9 Å². The van der Waals surface area contributed by atoms with Crippen LogP contribution < -0.4 is 10.6 Å². The van der Waals surface area contributed by atoms with Crippen LogP contribution in [0.25, 0.3) is 0 Å². The Morgan fingerprint density at radius 2 is 2.00 bits per heavy atom.